The van der Waals surface area contributed by atoms with Crippen LogP contribution in [0.3, 0.4) is 0 Å². The minimum atomic E-state index is -0.631. The molecule has 6 heteroatoms. The summed E-state index contributed by atoms with van der Waals surface area (Å²) in [6.07, 6.45) is 3.89. The second kappa shape index (κ2) is 4.22. The predicted octanol–water partition coefficient (Wildman–Crippen LogP) is 2.15. The Bertz CT molecular complexity index is 562. The van der Waals surface area contributed by atoms with E-state index in [2.05, 4.69) is 5.32 Å². The summed E-state index contributed by atoms with van der Waals surface area (Å²) in [6, 6.07) is 3.51. The van der Waals surface area contributed by atoms with Crippen molar-refractivity contribution in [3.05, 3.63) is 33.4 Å². The number of nitrogens with zero attached hydrogens (tertiary/aromatic N) is 1. The maximum absolute atomic E-state index is 11.5. The summed E-state index contributed by atoms with van der Waals surface area (Å²) in [6.45, 7) is 0. The number of carbonyl (C=O) groups is 1. The van der Waals surface area contributed by atoms with E-state index in [1.165, 1.54) is 0 Å². The molecule has 0 unspecified atom stereocenters. The summed E-state index contributed by atoms with van der Waals surface area (Å²) in [5.74, 6) is -0.379. The molecule has 0 radical (unpaired) electrons. The molecule has 1 aromatic carbocycles. The zero-order valence-corrected chi connectivity index (χ0v) is 10.4. The number of hydrogen-bond acceptors (Lipinski definition) is 4. The molecule has 6 nitrogen and oxygen atoms in total. The van der Waals surface area contributed by atoms with Crippen molar-refractivity contribution in [2.45, 2.75) is 37.6 Å². The third kappa shape index (κ3) is 2.25. The third-order valence-corrected chi connectivity index (χ3v) is 3.60. The van der Waals surface area contributed by atoms with Gasteiger partial charge in [-0.15, -0.1) is 0 Å². The van der Waals surface area contributed by atoms with Gasteiger partial charge in [0.05, 0.1) is 10.5 Å². The monoisotopic (exact) mass is 261 g/mol. The predicted molar refractivity (Wildman–Crippen MR) is 70.2 cm³/mol. The van der Waals surface area contributed by atoms with Crippen LogP contribution in [0, 0.1) is 10.1 Å². The highest BCUT2D eigenvalue weighted by atomic mass is 16.6. The summed E-state index contributed by atoms with van der Waals surface area (Å²) >= 11 is 0. The normalized spacial score (nSPS) is 18.1. The van der Waals surface area contributed by atoms with Gasteiger partial charge in [-0.3, -0.25) is 14.9 Å². The molecule has 0 bridgehead atoms. The molecule has 2 fully saturated rings. The molecule has 2 aliphatic rings. The number of nitrogens with two attached hydrogens (primary N) is 1. The first-order valence-electron chi connectivity index (χ1n) is 6.45. The van der Waals surface area contributed by atoms with Gasteiger partial charge in [-0.1, -0.05) is 6.07 Å². The second-order valence-corrected chi connectivity index (χ2v) is 5.24. The summed E-state index contributed by atoms with van der Waals surface area (Å²) in [4.78, 5) is 22.4. The average Bonchev–Trinajstić information content (AvgIpc) is 3.21. The molecule has 0 heterocycles. The Kier molecular flexibility index (Phi) is 2.66. The molecule has 0 spiro atoms. The lowest BCUT2D eigenvalue weighted by Crippen LogP contribution is -2.17. The largest absolute Gasteiger partial charge is 0.376 e. The number of rotatable bonds is 5. The minimum absolute atomic E-state index is 0.0331. The molecule has 1 amide bonds. The Labute approximate surface area is 110 Å². The van der Waals surface area contributed by atoms with Gasteiger partial charge >= 0.3 is 0 Å². The van der Waals surface area contributed by atoms with Crippen molar-refractivity contribution in [2.24, 2.45) is 5.73 Å². The lowest BCUT2D eigenvalue weighted by molar-refractivity contribution is -0.384. The summed E-state index contributed by atoms with van der Waals surface area (Å²) < 4.78 is 0. The van der Waals surface area contributed by atoms with Crippen molar-refractivity contribution in [2.75, 3.05) is 5.32 Å². The summed E-state index contributed by atoms with van der Waals surface area (Å²) in [5, 5.41) is 14.5. The van der Waals surface area contributed by atoms with Gasteiger partial charge in [-0.05, 0) is 37.7 Å². The molecule has 2 aliphatic carbocycles. The van der Waals surface area contributed by atoms with E-state index in [9.17, 15) is 14.9 Å². The first-order chi connectivity index (χ1) is 9.08. The fraction of sp³-hybridized carbons (Fsp3) is 0.462. The first kappa shape index (κ1) is 12.0. The molecule has 1 aromatic rings. The number of benzene rings is 1. The Hall–Kier alpha value is -2.11. The molecule has 0 saturated heterocycles. The SMILES string of the molecule is NC(=O)c1ccc(C2CC2)c([N+](=O)[O-])c1NC1CC1. The van der Waals surface area contributed by atoms with E-state index in [1.807, 2.05) is 0 Å². The van der Waals surface area contributed by atoms with Crippen molar-refractivity contribution in [3.63, 3.8) is 0 Å². The van der Waals surface area contributed by atoms with Gasteiger partial charge in [-0.25, -0.2) is 0 Å². The van der Waals surface area contributed by atoms with Crippen molar-refractivity contribution in [1.29, 1.82) is 0 Å². The number of amides is 1. The number of anilines is 1. The van der Waals surface area contributed by atoms with E-state index in [0.29, 0.717) is 5.69 Å². The fourth-order valence-electron chi connectivity index (χ4n) is 2.31. The van der Waals surface area contributed by atoms with Crippen LogP contribution in [0.25, 0.3) is 0 Å². The van der Waals surface area contributed by atoms with Gasteiger partial charge < -0.3 is 11.1 Å². The van der Waals surface area contributed by atoms with E-state index in [0.717, 1.165) is 31.2 Å². The molecule has 3 N–H and O–H groups in total. The van der Waals surface area contributed by atoms with E-state index in [1.54, 1.807) is 12.1 Å². The van der Waals surface area contributed by atoms with Crippen molar-refractivity contribution in [3.8, 4) is 0 Å². The van der Waals surface area contributed by atoms with Crippen LogP contribution in [0.1, 0.15) is 47.5 Å². The van der Waals surface area contributed by atoms with Crippen LogP contribution in [0.4, 0.5) is 11.4 Å². The van der Waals surface area contributed by atoms with E-state index < -0.39 is 10.8 Å². The van der Waals surface area contributed by atoms with Gasteiger partial charge in [0.25, 0.3) is 11.6 Å². The summed E-state index contributed by atoms with van der Waals surface area (Å²) in [7, 11) is 0. The van der Waals surface area contributed by atoms with Crippen LogP contribution in [0.2, 0.25) is 0 Å². The highest BCUT2D eigenvalue weighted by molar-refractivity contribution is 6.01. The van der Waals surface area contributed by atoms with Gasteiger partial charge in [0.15, 0.2) is 0 Å². The average molecular weight is 261 g/mol. The number of nitro groups is 1. The zero-order valence-electron chi connectivity index (χ0n) is 10.4. The molecule has 0 aliphatic heterocycles. The van der Waals surface area contributed by atoms with Crippen LogP contribution < -0.4 is 11.1 Å². The molecule has 100 valence electrons. The van der Waals surface area contributed by atoms with E-state index >= 15 is 0 Å². The van der Waals surface area contributed by atoms with Gasteiger partial charge in [0, 0.05) is 11.6 Å². The smallest absolute Gasteiger partial charge is 0.296 e. The molecular formula is C13H15N3O3. The molecule has 19 heavy (non-hydrogen) atoms. The third-order valence-electron chi connectivity index (χ3n) is 3.60. The molecular weight excluding hydrogens is 246 g/mol. The maximum Gasteiger partial charge on any atom is 0.296 e. The van der Waals surface area contributed by atoms with Gasteiger partial charge in [0.2, 0.25) is 0 Å². The highest BCUT2D eigenvalue weighted by Crippen LogP contribution is 2.48. The van der Waals surface area contributed by atoms with Crippen LogP contribution in [-0.4, -0.2) is 16.9 Å². The minimum Gasteiger partial charge on any atom is -0.376 e. The summed E-state index contributed by atoms with van der Waals surface area (Å²) in [5.41, 5.74) is 6.59. The Morgan fingerprint density at radius 1 is 1.32 bits per heavy atom. The Balaban J connectivity index is 2.14. The van der Waals surface area contributed by atoms with E-state index in [4.69, 9.17) is 5.73 Å². The quantitative estimate of drug-likeness (QED) is 0.626. The van der Waals surface area contributed by atoms with Crippen LogP contribution in [0.5, 0.6) is 0 Å². The topological polar surface area (TPSA) is 98.3 Å². The zero-order chi connectivity index (χ0) is 13.6. The lowest BCUT2D eigenvalue weighted by Gasteiger charge is -2.12. The van der Waals surface area contributed by atoms with Crippen LogP contribution >= 0.6 is 0 Å². The molecule has 3 rings (SSSR count). The molecule has 0 atom stereocenters. The van der Waals surface area contributed by atoms with Gasteiger partial charge in [-0.2, -0.15) is 0 Å². The standard InChI is InChI=1S/C13H15N3O3/c14-13(17)10-6-5-9(7-1-2-7)12(16(18)19)11(10)15-8-3-4-8/h5-8,15H,1-4H2,(H2,14,17). The maximum atomic E-state index is 11.5. The number of primary amides is 1. The number of carbonyl (C=O) groups excluding carboxylic acids is 1. The number of hydrogen-bond donors (Lipinski definition) is 2. The van der Waals surface area contributed by atoms with Crippen molar-refractivity contribution < 1.29 is 9.72 Å². The molecule has 0 aromatic heterocycles. The van der Waals surface area contributed by atoms with Gasteiger partial charge in [0.1, 0.15) is 5.69 Å². The van der Waals surface area contributed by atoms with Crippen molar-refractivity contribution >= 4 is 17.3 Å². The Morgan fingerprint density at radius 2 is 2.00 bits per heavy atom. The number of nitrogens with one attached hydrogen (secondary N) is 1. The Morgan fingerprint density at radius 3 is 2.47 bits per heavy atom. The first-order valence-corrected chi connectivity index (χ1v) is 6.45. The van der Waals surface area contributed by atoms with Crippen molar-refractivity contribution in [1.82, 2.24) is 0 Å². The van der Waals surface area contributed by atoms with Crippen LogP contribution in [0.15, 0.2) is 12.1 Å². The van der Waals surface area contributed by atoms with Crippen LogP contribution in [-0.2, 0) is 0 Å². The second-order valence-electron chi connectivity index (χ2n) is 5.24. The lowest BCUT2D eigenvalue weighted by atomic mass is 10.0. The molecule has 2 saturated carbocycles. The number of nitro benzene ring substituents is 1. The van der Waals surface area contributed by atoms with E-state index in [-0.39, 0.29) is 23.2 Å². The highest BCUT2D eigenvalue weighted by Gasteiger charge is 2.36. The fourth-order valence-corrected chi connectivity index (χ4v) is 2.31.